The first kappa shape index (κ1) is 12.4. The zero-order valence-corrected chi connectivity index (χ0v) is 10.8. The summed E-state index contributed by atoms with van der Waals surface area (Å²) in [6.07, 6.45) is -0.228. The highest BCUT2D eigenvalue weighted by molar-refractivity contribution is 5.84. The Morgan fingerprint density at radius 1 is 1.11 bits per heavy atom. The normalized spacial score (nSPS) is 12.2. The van der Waals surface area contributed by atoms with E-state index < -0.39 is 0 Å². The van der Waals surface area contributed by atoms with E-state index in [2.05, 4.69) is 0 Å². The van der Waals surface area contributed by atoms with E-state index in [4.69, 9.17) is 9.47 Å². The van der Waals surface area contributed by atoms with Crippen molar-refractivity contribution in [3.63, 3.8) is 0 Å². The largest absolute Gasteiger partial charge is 0.497 e. The molecular weight excluding hydrogens is 228 g/mol. The Hall–Kier alpha value is -2.03. The fourth-order valence-electron chi connectivity index (χ4n) is 1.94. The molecule has 0 N–H and O–H groups in total. The number of carbonyl (C=O) groups is 1. The Bertz CT molecular complexity index is 575. The van der Waals surface area contributed by atoms with Gasteiger partial charge in [0.05, 0.1) is 7.11 Å². The molecule has 2 aromatic rings. The van der Waals surface area contributed by atoms with Crippen molar-refractivity contribution in [2.45, 2.75) is 20.0 Å². The molecule has 94 valence electrons. The van der Waals surface area contributed by atoms with Crippen LogP contribution in [-0.2, 0) is 9.53 Å². The number of esters is 1. The molecule has 0 spiro atoms. The maximum absolute atomic E-state index is 10.9. The molecule has 0 amide bonds. The van der Waals surface area contributed by atoms with Crippen molar-refractivity contribution in [1.29, 1.82) is 0 Å². The van der Waals surface area contributed by atoms with Gasteiger partial charge in [-0.3, -0.25) is 4.79 Å². The summed E-state index contributed by atoms with van der Waals surface area (Å²) in [5, 5.41) is 2.21. The molecule has 3 nitrogen and oxygen atoms in total. The van der Waals surface area contributed by atoms with Crippen LogP contribution in [0.5, 0.6) is 5.75 Å². The van der Waals surface area contributed by atoms with Gasteiger partial charge in [0.15, 0.2) is 0 Å². The number of hydrogen-bond acceptors (Lipinski definition) is 3. The molecule has 2 aromatic carbocycles. The molecule has 0 aromatic heterocycles. The second kappa shape index (κ2) is 5.08. The zero-order chi connectivity index (χ0) is 13.1. The summed E-state index contributed by atoms with van der Waals surface area (Å²) < 4.78 is 10.3. The van der Waals surface area contributed by atoms with Gasteiger partial charge in [0.2, 0.25) is 0 Å². The third-order valence-corrected chi connectivity index (χ3v) is 2.88. The lowest BCUT2D eigenvalue weighted by molar-refractivity contribution is -0.145. The monoisotopic (exact) mass is 244 g/mol. The van der Waals surface area contributed by atoms with Crippen molar-refractivity contribution < 1.29 is 14.3 Å². The average molecular weight is 244 g/mol. The maximum atomic E-state index is 10.9. The molecule has 0 heterocycles. The molecule has 3 heteroatoms. The Labute approximate surface area is 106 Å². The van der Waals surface area contributed by atoms with Crippen LogP contribution in [0.1, 0.15) is 25.5 Å². The third kappa shape index (κ3) is 2.62. The molecule has 0 saturated heterocycles. The van der Waals surface area contributed by atoms with Crippen molar-refractivity contribution >= 4 is 16.7 Å². The third-order valence-electron chi connectivity index (χ3n) is 2.88. The van der Waals surface area contributed by atoms with Crippen LogP contribution in [0, 0.1) is 0 Å². The van der Waals surface area contributed by atoms with Crippen LogP contribution in [0.4, 0.5) is 0 Å². The number of hydrogen-bond donors (Lipinski definition) is 0. The minimum absolute atomic E-state index is 0.228. The minimum Gasteiger partial charge on any atom is -0.497 e. The summed E-state index contributed by atoms with van der Waals surface area (Å²) in [6, 6.07) is 11.9. The quantitative estimate of drug-likeness (QED) is 0.775. The highest BCUT2D eigenvalue weighted by atomic mass is 16.5. The molecule has 1 atom stereocenters. The molecule has 0 aliphatic rings. The number of fused-ring (bicyclic) bond motifs is 1. The summed E-state index contributed by atoms with van der Waals surface area (Å²) in [6.45, 7) is 3.29. The van der Waals surface area contributed by atoms with Gasteiger partial charge in [-0.15, -0.1) is 0 Å². The molecule has 2 rings (SSSR count). The predicted octanol–water partition coefficient (Wildman–Crippen LogP) is 3.47. The molecule has 0 unspecified atom stereocenters. The minimum atomic E-state index is -0.266. The summed E-state index contributed by atoms with van der Waals surface area (Å²) >= 11 is 0. The molecule has 18 heavy (non-hydrogen) atoms. The lowest BCUT2D eigenvalue weighted by Crippen LogP contribution is -2.04. The lowest BCUT2D eigenvalue weighted by atomic mass is 10.0. The van der Waals surface area contributed by atoms with Crippen LogP contribution in [0.25, 0.3) is 10.8 Å². The van der Waals surface area contributed by atoms with E-state index in [-0.39, 0.29) is 12.1 Å². The van der Waals surface area contributed by atoms with E-state index in [0.717, 1.165) is 22.1 Å². The lowest BCUT2D eigenvalue weighted by Gasteiger charge is -2.13. The summed E-state index contributed by atoms with van der Waals surface area (Å²) in [5.74, 6) is 0.570. The van der Waals surface area contributed by atoms with Crippen molar-refractivity contribution in [3.8, 4) is 5.75 Å². The zero-order valence-electron chi connectivity index (χ0n) is 10.8. The number of carbonyl (C=O) groups excluding carboxylic acids is 1. The first-order valence-electron chi connectivity index (χ1n) is 5.85. The van der Waals surface area contributed by atoms with Crippen LogP contribution >= 0.6 is 0 Å². The van der Waals surface area contributed by atoms with Gasteiger partial charge in [-0.1, -0.05) is 18.2 Å². The maximum Gasteiger partial charge on any atom is 0.303 e. The van der Waals surface area contributed by atoms with E-state index in [1.807, 2.05) is 43.3 Å². The first-order chi connectivity index (χ1) is 8.60. The summed E-state index contributed by atoms with van der Waals surface area (Å²) in [7, 11) is 1.65. The van der Waals surface area contributed by atoms with E-state index in [9.17, 15) is 4.79 Å². The smallest absolute Gasteiger partial charge is 0.303 e. The molecule has 0 fully saturated rings. The Morgan fingerprint density at radius 2 is 1.78 bits per heavy atom. The van der Waals surface area contributed by atoms with Crippen molar-refractivity contribution in [2.75, 3.05) is 7.11 Å². The van der Waals surface area contributed by atoms with E-state index in [0.29, 0.717) is 0 Å². The van der Waals surface area contributed by atoms with Crippen LogP contribution < -0.4 is 4.74 Å². The van der Waals surface area contributed by atoms with Crippen LogP contribution in [-0.4, -0.2) is 13.1 Å². The van der Waals surface area contributed by atoms with Gasteiger partial charge in [0.1, 0.15) is 11.9 Å². The van der Waals surface area contributed by atoms with Gasteiger partial charge in [-0.25, -0.2) is 0 Å². The van der Waals surface area contributed by atoms with Gasteiger partial charge in [-0.05, 0) is 41.5 Å². The van der Waals surface area contributed by atoms with Crippen LogP contribution in [0.15, 0.2) is 36.4 Å². The number of methoxy groups -OCH3 is 1. The molecule has 0 aliphatic heterocycles. The number of rotatable bonds is 3. The fourth-order valence-corrected chi connectivity index (χ4v) is 1.94. The Kier molecular flexibility index (Phi) is 3.51. The Morgan fingerprint density at radius 3 is 2.44 bits per heavy atom. The van der Waals surface area contributed by atoms with Crippen molar-refractivity contribution in [3.05, 3.63) is 42.0 Å². The molecule has 0 bridgehead atoms. The van der Waals surface area contributed by atoms with E-state index in [1.165, 1.54) is 6.92 Å². The van der Waals surface area contributed by atoms with Gasteiger partial charge in [-0.2, -0.15) is 0 Å². The average Bonchev–Trinajstić information content (AvgIpc) is 2.36. The highest BCUT2D eigenvalue weighted by Gasteiger charge is 2.09. The molecule has 0 saturated carbocycles. The number of benzene rings is 2. The van der Waals surface area contributed by atoms with Gasteiger partial charge < -0.3 is 9.47 Å². The second-order valence-corrected chi connectivity index (χ2v) is 4.22. The SMILES string of the molecule is COc1ccc2cc([C@@H](C)OC(C)=O)ccc2c1. The van der Waals surface area contributed by atoms with Crippen molar-refractivity contribution in [2.24, 2.45) is 0 Å². The van der Waals surface area contributed by atoms with Crippen molar-refractivity contribution in [1.82, 2.24) is 0 Å². The highest BCUT2D eigenvalue weighted by Crippen LogP contribution is 2.25. The van der Waals surface area contributed by atoms with Gasteiger partial charge in [0.25, 0.3) is 0 Å². The van der Waals surface area contributed by atoms with Crippen LogP contribution in [0.2, 0.25) is 0 Å². The van der Waals surface area contributed by atoms with E-state index >= 15 is 0 Å². The summed E-state index contributed by atoms with van der Waals surface area (Å²) in [5.41, 5.74) is 0.989. The Balaban J connectivity index is 2.35. The molecule has 0 aliphatic carbocycles. The van der Waals surface area contributed by atoms with Gasteiger partial charge in [0, 0.05) is 6.92 Å². The van der Waals surface area contributed by atoms with Crippen LogP contribution in [0.3, 0.4) is 0 Å². The van der Waals surface area contributed by atoms with Gasteiger partial charge >= 0.3 is 5.97 Å². The molecule has 0 radical (unpaired) electrons. The summed E-state index contributed by atoms with van der Waals surface area (Å²) in [4.78, 5) is 10.9. The standard InChI is InChI=1S/C15H16O3/c1-10(18-11(2)16)12-4-5-14-9-15(17-3)7-6-13(14)8-12/h4-10H,1-3H3/t10-/m1/s1. The first-order valence-corrected chi connectivity index (χ1v) is 5.85. The van der Waals surface area contributed by atoms with E-state index in [1.54, 1.807) is 7.11 Å². The molecular formula is C15H16O3. The second-order valence-electron chi connectivity index (χ2n) is 4.22. The fraction of sp³-hybridized carbons (Fsp3) is 0.267. The predicted molar refractivity (Wildman–Crippen MR) is 70.7 cm³/mol. The topological polar surface area (TPSA) is 35.5 Å². The number of ether oxygens (including phenoxy) is 2.